The van der Waals surface area contributed by atoms with Gasteiger partial charge in [-0.05, 0) is 37.0 Å². The monoisotopic (exact) mass is 334 g/mol. The van der Waals surface area contributed by atoms with Crippen LogP contribution in [-0.4, -0.2) is 49.6 Å². The summed E-state index contributed by atoms with van der Waals surface area (Å²) in [7, 11) is 0. The summed E-state index contributed by atoms with van der Waals surface area (Å²) >= 11 is 0. The number of piperazine rings is 1. The van der Waals surface area contributed by atoms with E-state index in [1.165, 1.54) is 18.6 Å². The maximum atomic E-state index is 14.2. The molecule has 1 saturated carbocycles. The summed E-state index contributed by atoms with van der Waals surface area (Å²) in [6.07, 6.45) is 3.49. The van der Waals surface area contributed by atoms with Crippen LogP contribution >= 0.6 is 0 Å². The van der Waals surface area contributed by atoms with E-state index in [0.29, 0.717) is 31.1 Å². The quantitative estimate of drug-likeness (QED) is 0.786. The van der Waals surface area contributed by atoms with Gasteiger partial charge >= 0.3 is 6.03 Å². The van der Waals surface area contributed by atoms with Gasteiger partial charge in [0.05, 0.1) is 5.69 Å². The number of benzene rings is 1. The molecule has 1 aromatic rings. The second-order valence-electron chi connectivity index (χ2n) is 6.37. The minimum Gasteiger partial charge on any atom is -0.338 e. The minimum atomic E-state index is -0.602. The number of halogens is 1. The Labute approximate surface area is 140 Å². The fourth-order valence-corrected chi connectivity index (χ4v) is 2.90. The standard InChI is InChI=1S/C17H23FN4O2/c18-14-10-13(16(23)22-8-6-19-7-9-22)4-5-15(14)21-17(24)20-11-12-2-1-3-12/h4-5,10,12,19H,1-3,6-9,11H2,(H2,20,21,24). The molecule has 0 bridgehead atoms. The summed E-state index contributed by atoms with van der Waals surface area (Å²) in [4.78, 5) is 25.8. The van der Waals surface area contributed by atoms with Gasteiger partial charge in [-0.25, -0.2) is 9.18 Å². The number of anilines is 1. The predicted octanol–water partition coefficient (Wildman–Crippen LogP) is 1.79. The van der Waals surface area contributed by atoms with Crippen molar-refractivity contribution < 1.29 is 14.0 Å². The molecule has 3 amide bonds. The zero-order valence-electron chi connectivity index (χ0n) is 13.6. The number of hydrogen-bond acceptors (Lipinski definition) is 3. The average molecular weight is 334 g/mol. The van der Waals surface area contributed by atoms with Crippen molar-refractivity contribution in [2.24, 2.45) is 5.92 Å². The summed E-state index contributed by atoms with van der Waals surface area (Å²) in [5, 5.41) is 8.42. The lowest BCUT2D eigenvalue weighted by molar-refractivity contribution is 0.0735. The van der Waals surface area contributed by atoms with Crippen molar-refractivity contribution in [1.82, 2.24) is 15.5 Å². The number of rotatable bonds is 4. The van der Waals surface area contributed by atoms with Crippen molar-refractivity contribution in [1.29, 1.82) is 0 Å². The number of hydrogen-bond donors (Lipinski definition) is 3. The molecule has 1 aromatic carbocycles. The largest absolute Gasteiger partial charge is 0.338 e. The molecule has 0 aromatic heterocycles. The highest BCUT2D eigenvalue weighted by Crippen LogP contribution is 2.25. The summed E-state index contributed by atoms with van der Waals surface area (Å²) in [5.41, 5.74) is 0.382. The van der Waals surface area contributed by atoms with Crippen molar-refractivity contribution in [2.45, 2.75) is 19.3 Å². The SMILES string of the molecule is O=C(NCC1CCC1)Nc1ccc(C(=O)N2CCNCC2)cc1F. The van der Waals surface area contributed by atoms with Gasteiger partial charge in [-0.2, -0.15) is 0 Å². The second-order valence-corrected chi connectivity index (χ2v) is 6.37. The Morgan fingerprint density at radius 2 is 2.00 bits per heavy atom. The Morgan fingerprint density at radius 1 is 1.25 bits per heavy atom. The molecule has 1 aliphatic heterocycles. The van der Waals surface area contributed by atoms with Gasteiger partial charge in [0.25, 0.3) is 5.91 Å². The smallest absolute Gasteiger partial charge is 0.319 e. The van der Waals surface area contributed by atoms with Crippen LogP contribution in [0.3, 0.4) is 0 Å². The van der Waals surface area contributed by atoms with Gasteiger partial charge in [0, 0.05) is 38.3 Å². The number of carbonyl (C=O) groups is 2. The number of nitrogens with one attached hydrogen (secondary N) is 3. The fraction of sp³-hybridized carbons (Fsp3) is 0.529. The van der Waals surface area contributed by atoms with E-state index >= 15 is 0 Å². The Hall–Kier alpha value is -2.15. The van der Waals surface area contributed by atoms with E-state index in [9.17, 15) is 14.0 Å². The van der Waals surface area contributed by atoms with Crippen molar-refractivity contribution in [3.63, 3.8) is 0 Å². The third-order valence-electron chi connectivity index (χ3n) is 4.64. The van der Waals surface area contributed by atoms with E-state index in [1.54, 1.807) is 11.0 Å². The molecule has 7 heteroatoms. The Bertz CT molecular complexity index is 613. The van der Waals surface area contributed by atoms with E-state index in [2.05, 4.69) is 16.0 Å². The first-order chi connectivity index (χ1) is 11.6. The first-order valence-corrected chi connectivity index (χ1v) is 8.48. The lowest BCUT2D eigenvalue weighted by Crippen LogP contribution is -2.46. The number of nitrogens with zero attached hydrogens (tertiary/aromatic N) is 1. The molecular formula is C17H23FN4O2. The van der Waals surface area contributed by atoms with Gasteiger partial charge in [-0.1, -0.05) is 6.42 Å². The molecule has 0 radical (unpaired) electrons. The van der Waals surface area contributed by atoms with Crippen LogP contribution in [0.15, 0.2) is 18.2 Å². The molecule has 2 aliphatic rings. The van der Waals surface area contributed by atoms with E-state index in [4.69, 9.17) is 0 Å². The molecule has 1 aliphatic carbocycles. The van der Waals surface area contributed by atoms with Crippen molar-refractivity contribution >= 4 is 17.6 Å². The van der Waals surface area contributed by atoms with Gasteiger partial charge in [-0.3, -0.25) is 4.79 Å². The molecular weight excluding hydrogens is 311 g/mol. The van der Waals surface area contributed by atoms with Crippen LogP contribution in [0, 0.1) is 11.7 Å². The molecule has 3 rings (SSSR count). The van der Waals surface area contributed by atoms with Crippen LogP contribution in [0.4, 0.5) is 14.9 Å². The molecule has 24 heavy (non-hydrogen) atoms. The van der Waals surface area contributed by atoms with Gasteiger partial charge in [0.15, 0.2) is 0 Å². The highest BCUT2D eigenvalue weighted by molar-refractivity contribution is 5.95. The lowest BCUT2D eigenvalue weighted by atomic mass is 9.85. The van der Waals surface area contributed by atoms with E-state index in [-0.39, 0.29) is 11.6 Å². The zero-order chi connectivity index (χ0) is 16.9. The summed E-state index contributed by atoms with van der Waals surface area (Å²) in [6, 6.07) is 3.76. The first-order valence-electron chi connectivity index (χ1n) is 8.48. The van der Waals surface area contributed by atoms with Crippen LogP contribution in [-0.2, 0) is 0 Å². The topological polar surface area (TPSA) is 73.5 Å². The molecule has 2 fully saturated rings. The molecule has 3 N–H and O–H groups in total. The highest BCUT2D eigenvalue weighted by Gasteiger charge is 2.20. The van der Waals surface area contributed by atoms with E-state index in [0.717, 1.165) is 25.9 Å². The van der Waals surface area contributed by atoms with Gasteiger partial charge in [-0.15, -0.1) is 0 Å². The predicted molar refractivity (Wildman–Crippen MR) is 89.5 cm³/mol. The molecule has 0 atom stereocenters. The van der Waals surface area contributed by atoms with Gasteiger partial charge < -0.3 is 20.9 Å². The maximum Gasteiger partial charge on any atom is 0.319 e. The second kappa shape index (κ2) is 7.61. The number of carbonyl (C=O) groups excluding carboxylic acids is 2. The van der Waals surface area contributed by atoms with Crippen LogP contribution < -0.4 is 16.0 Å². The Balaban J connectivity index is 1.57. The Morgan fingerprint density at radius 3 is 2.62 bits per heavy atom. The molecule has 0 unspecified atom stereocenters. The minimum absolute atomic E-state index is 0.0815. The summed E-state index contributed by atoms with van der Waals surface area (Å²) < 4.78 is 14.2. The first kappa shape index (κ1) is 16.7. The number of amides is 3. The molecule has 1 saturated heterocycles. The highest BCUT2D eigenvalue weighted by atomic mass is 19.1. The van der Waals surface area contributed by atoms with Crippen LogP contribution in [0.1, 0.15) is 29.6 Å². The molecule has 6 nitrogen and oxygen atoms in total. The number of urea groups is 1. The summed E-state index contributed by atoms with van der Waals surface area (Å²) in [6.45, 7) is 3.34. The maximum absolute atomic E-state index is 14.2. The van der Waals surface area contributed by atoms with Crippen LogP contribution in [0.25, 0.3) is 0 Å². The Kier molecular flexibility index (Phi) is 5.30. The average Bonchev–Trinajstić information content (AvgIpc) is 2.55. The van der Waals surface area contributed by atoms with Gasteiger partial charge in [0.1, 0.15) is 5.82 Å². The van der Waals surface area contributed by atoms with Crippen LogP contribution in [0.5, 0.6) is 0 Å². The van der Waals surface area contributed by atoms with Crippen LogP contribution in [0.2, 0.25) is 0 Å². The van der Waals surface area contributed by atoms with Gasteiger partial charge in [0.2, 0.25) is 0 Å². The lowest BCUT2D eigenvalue weighted by Gasteiger charge is -2.27. The molecule has 130 valence electrons. The normalized spacial score (nSPS) is 18.0. The molecule has 0 spiro atoms. The van der Waals surface area contributed by atoms with Crippen molar-refractivity contribution in [2.75, 3.05) is 38.0 Å². The van der Waals surface area contributed by atoms with E-state index < -0.39 is 11.8 Å². The zero-order valence-corrected chi connectivity index (χ0v) is 13.6. The summed E-state index contributed by atoms with van der Waals surface area (Å²) in [5.74, 6) is -0.245. The third kappa shape index (κ3) is 4.03. The third-order valence-corrected chi connectivity index (χ3v) is 4.64. The van der Waals surface area contributed by atoms with Crippen molar-refractivity contribution in [3.8, 4) is 0 Å². The fourth-order valence-electron chi connectivity index (χ4n) is 2.90. The van der Waals surface area contributed by atoms with Crippen molar-refractivity contribution in [3.05, 3.63) is 29.6 Å². The van der Waals surface area contributed by atoms with E-state index in [1.807, 2.05) is 0 Å². The molecule has 1 heterocycles.